The molecule has 1 aliphatic heterocycles. The molecule has 1 aliphatic rings. The number of ether oxygens (including phenoxy) is 2. The lowest BCUT2D eigenvalue weighted by molar-refractivity contribution is -0.117. The Morgan fingerprint density at radius 2 is 1.94 bits per heavy atom. The number of carbonyl (C=O) groups is 1. The summed E-state index contributed by atoms with van der Waals surface area (Å²) in [4.78, 5) is 14.7. The van der Waals surface area contributed by atoms with Gasteiger partial charge in [0, 0.05) is 24.8 Å². The van der Waals surface area contributed by atoms with Crippen molar-refractivity contribution in [2.24, 2.45) is 0 Å². The number of rotatable bonds is 11. The number of nitriles is 1. The Hall–Kier alpha value is -2.92. The van der Waals surface area contributed by atoms with Crippen LogP contribution in [-0.2, 0) is 14.3 Å². The van der Waals surface area contributed by atoms with Gasteiger partial charge in [0.25, 0.3) is 5.91 Å². The molecule has 1 unspecified atom stereocenters. The van der Waals surface area contributed by atoms with Gasteiger partial charge in [-0.25, -0.2) is 0 Å². The summed E-state index contributed by atoms with van der Waals surface area (Å²) in [6.07, 6.45) is 2.83. The van der Waals surface area contributed by atoms with Crippen LogP contribution in [0.1, 0.15) is 18.9 Å². The highest BCUT2D eigenvalue weighted by Gasteiger charge is 2.23. The normalized spacial score (nSPS) is 16.1. The molecular formula is C24H29N3O4. The number of hydrogen-bond donors (Lipinski definition) is 2. The predicted octanol–water partition coefficient (Wildman–Crippen LogP) is 2.49. The Bertz CT molecular complexity index is 967. The number of fused-ring (bicyclic) bond motifs is 1. The van der Waals surface area contributed by atoms with Gasteiger partial charge in [0.05, 0.1) is 33.0 Å². The lowest BCUT2D eigenvalue weighted by atomic mass is 10.0. The summed E-state index contributed by atoms with van der Waals surface area (Å²) in [6, 6.07) is 14.9. The molecule has 7 heteroatoms. The monoisotopic (exact) mass is 423 g/mol. The minimum Gasteiger partial charge on any atom is -0.394 e. The summed E-state index contributed by atoms with van der Waals surface area (Å²) in [5.74, 6) is -0.426. The van der Waals surface area contributed by atoms with Crippen LogP contribution in [0.3, 0.4) is 0 Å². The van der Waals surface area contributed by atoms with Crippen molar-refractivity contribution >= 4 is 28.4 Å². The highest BCUT2D eigenvalue weighted by molar-refractivity contribution is 6.02. The summed E-state index contributed by atoms with van der Waals surface area (Å²) >= 11 is 0. The molecule has 1 fully saturated rings. The van der Waals surface area contributed by atoms with Crippen molar-refractivity contribution in [2.45, 2.75) is 19.4 Å². The van der Waals surface area contributed by atoms with Crippen LogP contribution in [0.2, 0.25) is 0 Å². The van der Waals surface area contributed by atoms with Crippen LogP contribution in [0.4, 0.5) is 5.69 Å². The second-order valence-corrected chi connectivity index (χ2v) is 7.50. The molecule has 0 aliphatic carbocycles. The fourth-order valence-corrected chi connectivity index (χ4v) is 3.45. The highest BCUT2D eigenvalue weighted by atomic mass is 16.5. The number of aliphatic hydroxyl groups is 1. The van der Waals surface area contributed by atoms with Crippen molar-refractivity contribution in [1.82, 2.24) is 5.32 Å². The van der Waals surface area contributed by atoms with Crippen LogP contribution in [0.15, 0.2) is 42.0 Å². The van der Waals surface area contributed by atoms with Gasteiger partial charge in [-0.1, -0.05) is 18.2 Å². The molecule has 0 bridgehead atoms. The summed E-state index contributed by atoms with van der Waals surface area (Å²) in [6.45, 7) is 4.98. The molecule has 1 atom stereocenters. The van der Waals surface area contributed by atoms with Gasteiger partial charge in [-0.05, 0) is 54.0 Å². The van der Waals surface area contributed by atoms with E-state index in [1.165, 1.54) is 12.1 Å². The van der Waals surface area contributed by atoms with Gasteiger partial charge in [0.1, 0.15) is 11.6 Å². The largest absolute Gasteiger partial charge is 0.394 e. The smallest absolute Gasteiger partial charge is 0.262 e. The summed E-state index contributed by atoms with van der Waals surface area (Å²) in [5.41, 5.74) is 2.09. The lowest BCUT2D eigenvalue weighted by Crippen LogP contribution is -2.45. The Labute approximate surface area is 182 Å². The minimum atomic E-state index is -0.426. The molecule has 0 spiro atoms. The van der Waals surface area contributed by atoms with E-state index in [9.17, 15) is 10.1 Å². The highest BCUT2D eigenvalue weighted by Crippen LogP contribution is 2.29. The standard InChI is InChI=1S/C24H29N3O4/c1-18-6-8-27(18)23-5-4-20-14-19(2-3-21(20)16-23)15-22(17-25)24(29)26-7-10-30-12-13-31-11-9-28/h2-5,14-16,18,28H,6-13H2,1H3,(H,26,29)/b22-15+. The summed E-state index contributed by atoms with van der Waals surface area (Å²) in [7, 11) is 0. The summed E-state index contributed by atoms with van der Waals surface area (Å²) < 4.78 is 10.4. The molecule has 0 saturated carbocycles. The van der Waals surface area contributed by atoms with E-state index in [1.54, 1.807) is 6.08 Å². The van der Waals surface area contributed by atoms with E-state index >= 15 is 0 Å². The number of nitrogens with zero attached hydrogens (tertiary/aromatic N) is 2. The van der Waals surface area contributed by atoms with Crippen molar-refractivity contribution in [3.05, 3.63) is 47.5 Å². The summed E-state index contributed by atoms with van der Waals surface area (Å²) in [5, 5.41) is 22.9. The topological polar surface area (TPSA) is 94.8 Å². The molecule has 1 saturated heterocycles. The maximum Gasteiger partial charge on any atom is 0.262 e. The average molecular weight is 424 g/mol. The van der Waals surface area contributed by atoms with Crippen molar-refractivity contribution in [3.8, 4) is 6.07 Å². The van der Waals surface area contributed by atoms with Gasteiger partial charge in [-0.15, -0.1) is 0 Å². The first-order valence-electron chi connectivity index (χ1n) is 10.6. The molecule has 1 heterocycles. The molecule has 1 amide bonds. The van der Waals surface area contributed by atoms with Crippen LogP contribution in [0.5, 0.6) is 0 Å². The van der Waals surface area contributed by atoms with E-state index in [-0.39, 0.29) is 18.8 Å². The zero-order chi connectivity index (χ0) is 22.1. The quantitative estimate of drug-likeness (QED) is 0.328. The van der Waals surface area contributed by atoms with Crippen LogP contribution >= 0.6 is 0 Å². The third-order valence-corrected chi connectivity index (χ3v) is 5.32. The first-order chi connectivity index (χ1) is 15.1. The third kappa shape index (κ3) is 6.28. The second kappa shape index (κ2) is 11.5. The molecule has 0 aromatic heterocycles. The Kier molecular flexibility index (Phi) is 8.42. The van der Waals surface area contributed by atoms with Crippen molar-refractivity contribution < 1.29 is 19.4 Å². The van der Waals surface area contributed by atoms with Gasteiger partial charge >= 0.3 is 0 Å². The molecule has 2 aromatic rings. The number of nitrogens with one attached hydrogen (secondary N) is 1. The lowest BCUT2D eigenvalue weighted by Gasteiger charge is -2.41. The first-order valence-corrected chi connectivity index (χ1v) is 10.6. The molecule has 2 N–H and O–H groups in total. The number of amides is 1. The minimum absolute atomic E-state index is 0.0184. The molecule has 3 rings (SSSR count). The second-order valence-electron chi connectivity index (χ2n) is 7.50. The first kappa shape index (κ1) is 22.8. The number of anilines is 1. The van der Waals surface area contributed by atoms with E-state index in [2.05, 4.69) is 35.3 Å². The van der Waals surface area contributed by atoms with Crippen molar-refractivity contribution in [1.29, 1.82) is 5.26 Å². The van der Waals surface area contributed by atoms with Crippen LogP contribution in [0.25, 0.3) is 16.8 Å². The van der Waals surface area contributed by atoms with Crippen LogP contribution in [0, 0.1) is 11.3 Å². The molecule has 0 radical (unpaired) electrons. The number of benzene rings is 2. The fraction of sp³-hybridized carbons (Fsp3) is 0.417. The predicted molar refractivity (Wildman–Crippen MR) is 121 cm³/mol. The fourth-order valence-electron chi connectivity index (χ4n) is 3.45. The van der Waals surface area contributed by atoms with E-state index in [1.807, 2.05) is 24.3 Å². The zero-order valence-electron chi connectivity index (χ0n) is 17.8. The maximum absolute atomic E-state index is 12.3. The zero-order valence-corrected chi connectivity index (χ0v) is 17.8. The van der Waals surface area contributed by atoms with Gasteiger partial charge in [0.2, 0.25) is 0 Å². The number of aliphatic hydroxyl groups excluding tert-OH is 1. The van der Waals surface area contributed by atoms with Crippen molar-refractivity contribution in [3.63, 3.8) is 0 Å². The number of carbonyl (C=O) groups excluding carboxylic acids is 1. The van der Waals surface area contributed by atoms with Crippen LogP contribution < -0.4 is 10.2 Å². The SMILES string of the molecule is CC1CCN1c1ccc2cc(/C=C(\C#N)C(=O)NCCOCCOCCO)ccc2c1. The Morgan fingerprint density at radius 3 is 2.61 bits per heavy atom. The molecule has 2 aromatic carbocycles. The maximum atomic E-state index is 12.3. The molecule has 7 nitrogen and oxygen atoms in total. The van der Waals surface area contributed by atoms with E-state index in [4.69, 9.17) is 14.6 Å². The van der Waals surface area contributed by atoms with E-state index in [0.717, 1.165) is 22.9 Å². The van der Waals surface area contributed by atoms with Gasteiger partial charge in [0.15, 0.2) is 0 Å². The van der Waals surface area contributed by atoms with E-state index < -0.39 is 5.91 Å². The Morgan fingerprint density at radius 1 is 1.19 bits per heavy atom. The molecule has 31 heavy (non-hydrogen) atoms. The number of hydrogen-bond acceptors (Lipinski definition) is 6. The van der Waals surface area contributed by atoms with Gasteiger partial charge < -0.3 is 24.8 Å². The molecular weight excluding hydrogens is 394 g/mol. The van der Waals surface area contributed by atoms with Gasteiger partial charge in [-0.3, -0.25) is 4.79 Å². The van der Waals surface area contributed by atoms with Gasteiger partial charge in [-0.2, -0.15) is 5.26 Å². The van der Waals surface area contributed by atoms with Crippen LogP contribution in [-0.4, -0.2) is 63.2 Å². The van der Waals surface area contributed by atoms with Crippen molar-refractivity contribution in [2.75, 3.05) is 51.0 Å². The van der Waals surface area contributed by atoms with E-state index in [0.29, 0.717) is 32.4 Å². The molecule has 164 valence electrons. The Balaban J connectivity index is 1.55. The third-order valence-electron chi connectivity index (χ3n) is 5.32. The average Bonchev–Trinajstić information content (AvgIpc) is 2.78.